The first kappa shape index (κ1) is 33.2. The molecule has 10 aromatic rings. The van der Waals surface area contributed by atoms with Crippen LogP contribution in [0, 0.1) is 0 Å². The number of anilines is 3. The molecule has 56 heavy (non-hydrogen) atoms. The maximum absolute atomic E-state index is 6.45. The zero-order chi connectivity index (χ0) is 37.3. The fraction of sp³-hybridized carbons (Fsp3) is 0. The topological polar surface area (TPSA) is 16.4 Å². The van der Waals surface area contributed by atoms with Crippen LogP contribution in [0.5, 0.6) is 0 Å². The Balaban J connectivity index is 1.13. The molecule has 2 nitrogen and oxygen atoms in total. The van der Waals surface area contributed by atoms with Crippen LogP contribution >= 0.6 is 0 Å². The lowest BCUT2D eigenvalue weighted by Crippen LogP contribution is -2.10. The van der Waals surface area contributed by atoms with Gasteiger partial charge in [0.15, 0.2) is 0 Å². The molecule has 0 unspecified atom stereocenters. The lowest BCUT2D eigenvalue weighted by molar-refractivity contribution is 0.669. The Morgan fingerprint density at radius 3 is 1.29 bits per heavy atom. The van der Waals surface area contributed by atoms with Crippen LogP contribution in [0.1, 0.15) is 0 Å². The van der Waals surface area contributed by atoms with Crippen LogP contribution in [-0.2, 0) is 0 Å². The second kappa shape index (κ2) is 14.4. The summed E-state index contributed by atoms with van der Waals surface area (Å²) in [6, 6.07) is 80.1. The minimum atomic E-state index is 0.860. The van der Waals surface area contributed by atoms with Crippen LogP contribution in [-0.4, -0.2) is 0 Å². The van der Waals surface area contributed by atoms with E-state index in [1.807, 2.05) is 12.1 Å². The van der Waals surface area contributed by atoms with E-state index < -0.39 is 0 Å². The Kier molecular flexibility index (Phi) is 8.55. The van der Waals surface area contributed by atoms with E-state index in [-0.39, 0.29) is 0 Å². The van der Waals surface area contributed by atoms with Crippen molar-refractivity contribution >= 4 is 39.0 Å². The largest absolute Gasteiger partial charge is 0.456 e. The Bertz CT molecular complexity index is 2890. The lowest BCUT2D eigenvalue weighted by Gasteiger charge is -2.27. The third-order valence-electron chi connectivity index (χ3n) is 10.7. The standard InChI is InChI=1S/C54H37NO/c1-4-16-38(17-5-1)42-34-43(39-18-6-2-7-19-39)36-46(35-42)55(45-32-33-52-51-26-14-15-27-53(51)56-54(52)37-45)44-30-28-41(29-31-44)48-23-11-13-25-50(48)49-24-12-10-22-47(49)40-20-8-3-9-21-40/h1-37H. The van der Waals surface area contributed by atoms with Crippen molar-refractivity contribution in [2.45, 2.75) is 0 Å². The molecule has 10 rings (SSSR count). The molecule has 0 aliphatic carbocycles. The van der Waals surface area contributed by atoms with Gasteiger partial charge in [0.1, 0.15) is 11.2 Å². The van der Waals surface area contributed by atoms with Crippen molar-refractivity contribution in [2.75, 3.05) is 4.90 Å². The molecule has 264 valence electrons. The van der Waals surface area contributed by atoms with Gasteiger partial charge in [-0.2, -0.15) is 0 Å². The summed E-state index contributed by atoms with van der Waals surface area (Å²) in [6.07, 6.45) is 0. The van der Waals surface area contributed by atoms with Crippen molar-refractivity contribution in [1.29, 1.82) is 0 Å². The third-order valence-corrected chi connectivity index (χ3v) is 10.7. The third kappa shape index (κ3) is 6.24. The molecule has 2 heteroatoms. The fourth-order valence-corrected chi connectivity index (χ4v) is 7.98. The van der Waals surface area contributed by atoms with Crippen LogP contribution in [0.25, 0.3) is 77.6 Å². The van der Waals surface area contributed by atoms with Crippen LogP contribution in [0.4, 0.5) is 17.1 Å². The predicted octanol–water partition coefficient (Wildman–Crippen LogP) is 15.4. The number of hydrogen-bond acceptors (Lipinski definition) is 2. The molecule has 0 saturated heterocycles. The summed E-state index contributed by atoms with van der Waals surface area (Å²) in [4.78, 5) is 2.35. The Morgan fingerprint density at radius 2 is 0.696 bits per heavy atom. The minimum absolute atomic E-state index is 0.860. The van der Waals surface area contributed by atoms with Gasteiger partial charge in [0, 0.05) is 33.9 Å². The van der Waals surface area contributed by atoms with E-state index in [0.29, 0.717) is 0 Å². The summed E-state index contributed by atoms with van der Waals surface area (Å²) >= 11 is 0. The number of para-hydroxylation sites is 1. The van der Waals surface area contributed by atoms with Gasteiger partial charge >= 0.3 is 0 Å². The normalized spacial score (nSPS) is 11.2. The maximum Gasteiger partial charge on any atom is 0.137 e. The van der Waals surface area contributed by atoms with Gasteiger partial charge < -0.3 is 9.32 Å². The molecule has 1 heterocycles. The fourth-order valence-electron chi connectivity index (χ4n) is 7.98. The molecule has 0 fully saturated rings. The van der Waals surface area contributed by atoms with E-state index in [4.69, 9.17) is 4.42 Å². The molecule has 0 N–H and O–H groups in total. The smallest absolute Gasteiger partial charge is 0.137 e. The highest BCUT2D eigenvalue weighted by Crippen LogP contribution is 2.43. The highest BCUT2D eigenvalue weighted by molar-refractivity contribution is 6.06. The van der Waals surface area contributed by atoms with E-state index in [0.717, 1.165) is 55.7 Å². The van der Waals surface area contributed by atoms with Gasteiger partial charge in [0.25, 0.3) is 0 Å². The van der Waals surface area contributed by atoms with Crippen molar-refractivity contribution < 1.29 is 4.42 Å². The van der Waals surface area contributed by atoms with Crippen molar-refractivity contribution in [3.05, 3.63) is 224 Å². The first-order valence-electron chi connectivity index (χ1n) is 19.1. The molecule has 0 radical (unpaired) electrons. The van der Waals surface area contributed by atoms with Crippen LogP contribution in [0.2, 0.25) is 0 Å². The molecular weight excluding hydrogens is 679 g/mol. The zero-order valence-electron chi connectivity index (χ0n) is 30.7. The number of furan rings is 1. The van der Waals surface area contributed by atoms with E-state index >= 15 is 0 Å². The summed E-state index contributed by atoms with van der Waals surface area (Å²) in [5.41, 5.74) is 16.7. The van der Waals surface area contributed by atoms with Gasteiger partial charge in [-0.3, -0.25) is 0 Å². The summed E-state index contributed by atoms with van der Waals surface area (Å²) in [7, 11) is 0. The van der Waals surface area contributed by atoms with Crippen molar-refractivity contribution in [3.63, 3.8) is 0 Å². The second-order valence-corrected chi connectivity index (χ2v) is 14.1. The highest BCUT2D eigenvalue weighted by atomic mass is 16.3. The zero-order valence-corrected chi connectivity index (χ0v) is 30.7. The molecular formula is C54H37NO. The van der Waals surface area contributed by atoms with Crippen LogP contribution in [0.3, 0.4) is 0 Å². The summed E-state index contributed by atoms with van der Waals surface area (Å²) in [5, 5.41) is 2.23. The number of fused-ring (bicyclic) bond motifs is 3. The summed E-state index contributed by atoms with van der Waals surface area (Å²) in [5.74, 6) is 0. The number of nitrogens with zero attached hydrogens (tertiary/aromatic N) is 1. The molecule has 0 spiro atoms. The summed E-state index contributed by atoms with van der Waals surface area (Å²) < 4.78 is 6.45. The molecule has 0 atom stereocenters. The Labute approximate surface area is 327 Å². The molecule has 0 bridgehead atoms. The minimum Gasteiger partial charge on any atom is -0.456 e. The van der Waals surface area contributed by atoms with Crippen LogP contribution < -0.4 is 4.90 Å². The van der Waals surface area contributed by atoms with Gasteiger partial charge in [-0.05, 0) is 104 Å². The molecule has 1 aromatic heterocycles. The van der Waals surface area contributed by atoms with E-state index in [1.54, 1.807) is 0 Å². The summed E-state index contributed by atoms with van der Waals surface area (Å²) in [6.45, 7) is 0. The first-order valence-corrected chi connectivity index (χ1v) is 19.1. The Morgan fingerprint density at radius 1 is 0.250 bits per heavy atom. The number of hydrogen-bond donors (Lipinski definition) is 0. The van der Waals surface area contributed by atoms with Crippen molar-refractivity contribution in [3.8, 4) is 55.6 Å². The second-order valence-electron chi connectivity index (χ2n) is 14.1. The SMILES string of the molecule is c1ccc(-c2cc(-c3ccccc3)cc(N(c3ccc(-c4ccccc4-c4ccccc4-c4ccccc4)cc3)c3ccc4c(c3)oc3ccccc34)c2)cc1. The molecule has 0 aliphatic heterocycles. The van der Waals surface area contributed by atoms with Gasteiger partial charge in [0.05, 0.1) is 0 Å². The average Bonchev–Trinajstić information content (AvgIpc) is 3.66. The van der Waals surface area contributed by atoms with Gasteiger partial charge in [0.2, 0.25) is 0 Å². The quantitative estimate of drug-likeness (QED) is 0.156. The van der Waals surface area contributed by atoms with Crippen LogP contribution in [0.15, 0.2) is 229 Å². The van der Waals surface area contributed by atoms with Gasteiger partial charge in [-0.25, -0.2) is 0 Å². The monoisotopic (exact) mass is 715 g/mol. The lowest BCUT2D eigenvalue weighted by atomic mass is 9.89. The number of benzene rings is 9. The van der Waals surface area contributed by atoms with Gasteiger partial charge in [-0.15, -0.1) is 0 Å². The van der Waals surface area contributed by atoms with Crippen molar-refractivity contribution in [2.24, 2.45) is 0 Å². The van der Waals surface area contributed by atoms with Crippen molar-refractivity contribution in [1.82, 2.24) is 0 Å². The van der Waals surface area contributed by atoms with E-state index in [9.17, 15) is 0 Å². The Hall–Kier alpha value is -7.42. The molecule has 0 saturated carbocycles. The predicted molar refractivity (Wildman–Crippen MR) is 236 cm³/mol. The first-order chi connectivity index (χ1) is 27.8. The number of rotatable bonds is 8. The highest BCUT2D eigenvalue weighted by Gasteiger charge is 2.19. The molecule has 0 amide bonds. The van der Waals surface area contributed by atoms with E-state index in [1.165, 1.54) is 38.9 Å². The maximum atomic E-state index is 6.45. The average molecular weight is 716 g/mol. The molecule has 0 aliphatic rings. The van der Waals surface area contributed by atoms with Gasteiger partial charge in [-0.1, -0.05) is 170 Å². The molecule has 9 aromatic carbocycles. The van der Waals surface area contributed by atoms with E-state index in [2.05, 4.69) is 217 Å².